The van der Waals surface area contributed by atoms with Gasteiger partial charge in [0.1, 0.15) is 12.3 Å². The van der Waals surface area contributed by atoms with Crippen molar-refractivity contribution < 1.29 is 9.59 Å². The van der Waals surface area contributed by atoms with E-state index in [1.54, 1.807) is 0 Å². The second kappa shape index (κ2) is 6.22. The first kappa shape index (κ1) is 12.7. The molecule has 0 aliphatic rings. The van der Waals surface area contributed by atoms with Crippen molar-refractivity contribution >= 4 is 0 Å². The van der Waals surface area contributed by atoms with Gasteiger partial charge < -0.3 is 9.59 Å². The lowest BCUT2D eigenvalue weighted by atomic mass is 10.2. The van der Waals surface area contributed by atoms with E-state index >= 15 is 0 Å². The summed E-state index contributed by atoms with van der Waals surface area (Å²) in [4.78, 5) is 0. The summed E-state index contributed by atoms with van der Waals surface area (Å²) in [6.07, 6.45) is 5.53. The number of aliphatic hydroxyl groups is 1. The Bertz CT molecular complexity index is 204. The topological polar surface area (TPSA) is 20.2 Å². The Morgan fingerprint density at radius 2 is 1.36 bits per heavy atom. The number of aliphatic hydroxyl groups excluding tert-OH is 1. The number of quaternary nitrogens is 1. The van der Waals surface area contributed by atoms with Gasteiger partial charge in [0.2, 0.25) is 0 Å². The first-order valence-corrected chi connectivity index (χ1v) is 4.65. The SMILES string of the molecule is C=CC[N+](CC=C)(CC=C)CC(=C)O. The van der Waals surface area contributed by atoms with Gasteiger partial charge in [0.25, 0.3) is 0 Å². The molecule has 0 aromatic carbocycles. The Balaban J connectivity index is 4.69. The first-order valence-electron chi connectivity index (χ1n) is 4.65. The van der Waals surface area contributed by atoms with Crippen LogP contribution in [-0.4, -0.2) is 35.8 Å². The molecule has 0 spiro atoms. The first-order chi connectivity index (χ1) is 6.60. The second-order valence-electron chi connectivity index (χ2n) is 3.48. The molecule has 0 fully saturated rings. The molecule has 0 aromatic rings. The fraction of sp³-hybridized carbons (Fsp3) is 0.333. The molecular formula is C12H20NO+. The Morgan fingerprint density at radius 3 is 1.57 bits per heavy atom. The lowest BCUT2D eigenvalue weighted by molar-refractivity contribution is -0.908. The third-order valence-corrected chi connectivity index (χ3v) is 2.07. The summed E-state index contributed by atoms with van der Waals surface area (Å²) in [7, 11) is 0. The van der Waals surface area contributed by atoms with Crippen LogP contribution in [0.2, 0.25) is 0 Å². The van der Waals surface area contributed by atoms with E-state index in [1.165, 1.54) is 0 Å². The third kappa shape index (κ3) is 4.10. The number of hydrogen-bond donors (Lipinski definition) is 1. The van der Waals surface area contributed by atoms with Gasteiger partial charge in [-0.25, -0.2) is 0 Å². The van der Waals surface area contributed by atoms with Crippen molar-refractivity contribution in [3.8, 4) is 0 Å². The van der Waals surface area contributed by atoms with Crippen molar-refractivity contribution in [3.63, 3.8) is 0 Å². The van der Waals surface area contributed by atoms with Gasteiger partial charge in [0, 0.05) is 0 Å². The van der Waals surface area contributed by atoms with E-state index in [-0.39, 0.29) is 5.76 Å². The minimum absolute atomic E-state index is 0.190. The Morgan fingerprint density at radius 1 is 1.00 bits per heavy atom. The summed E-state index contributed by atoms with van der Waals surface area (Å²) in [5, 5.41) is 9.25. The van der Waals surface area contributed by atoms with Crippen LogP contribution >= 0.6 is 0 Å². The summed E-state index contributed by atoms with van der Waals surface area (Å²) < 4.78 is 0.659. The summed E-state index contributed by atoms with van der Waals surface area (Å²) >= 11 is 0. The zero-order valence-electron chi connectivity index (χ0n) is 8.78. The second-order valence-corrected chi connectivity index (χ2v) is 3.48. The summed E-state index contributed by atoms with van der Waals surface area (Å²) in [6, 6.07) is 0. The van der Waals surface area contributed by atoms with E-state index < -0.39 is 0 Å². The molecule has 2 heteroatoms. The fourth-order valence-electron chi connectivity index (χ4n) is 1.63. The van der Waals surface area contributed by atoms with Crippen LogP contribution in [-0.2, 0) is 0 Å². The van der Waals surface area contributed by atoms with Crippen LogP contribution < -0.4 is 0 Å². The fourth-order valence-corrected chi connectivity index (χ4v) is 1.63. The predicted octanol–water partition coefficient (Wildman–Crippen LogP) is 2.43. The van der Waals surface area contributed by atoms with Crippen LogP contribution in [0.3, 0.4) is 0 Å². The van der Waals surface area contributed by atoms with Crippen molar-refractivity contribution in [2.45, 2.75) is 0 Å². The van der Waals surface area contributed by atoms with Gasteiger partial charge >= 0.3 is 0 Å². The Labute approximate surface area is 86.8 Å². The monoisotopic (exact) mass is 194 g/mol. The van der Waals surface area contributed by atoms with Gasteiger partial charge in [-0.1, -0.05) is 26.3 Å². The van der Waals surface area contributed by atoms with Crippen LogP contribution in [0.15, 0.2) is 50.3 Å². The Hall–Kier alpha value is -1.28. The van der Waals surface area contributed by atoms with Crippen LogP contribution in [0.25, 0.3) is 0 Å². The van der Waals surface area contributed by atoms with Crippen molar-refractivity contribution in [2.75, 3.05) is 26.2 Å². The molecule has 1 N–H and O–H groups in total. The molecule has 2 nitrogen and oxygen atoms in total. The third-order valence-electron chi connectivity index (χ3n) is 2.07. The largest absolute Gasteiger partial charge is 0.507 e. The zero-order chi connectivity index (χ0) is 11.0. The quantitative estimate of drug-likeness (QED) is 0.357. The summed E-state index contributed by atoms with van der Waals surface area (Å²) in [6.45, 7) is 17.5. The van der Waals surface area contributed by atoms with Gasteiger partial charge in [-0.3, -0.25) is 0 Å². The minimum Gasteiger partial charge on any atom is -0.507 e. The normalized spacial score (nSPS) is 10.6. The molecule has 0 heterocycles. The van der Waals surface area contributed by atoms with Crippen molar-refractivity contribution in [1.82, 2.24) is 0 Å². The van der Waals surface area contributed by atoms with E-state index in [0.717, 1.165) is 19.6 Å². The predicted molar refractivity (Wildman–Crippen MR) is 62.1 cm³/mol. The maximum Gasteiger partial charge on any atom is 0.140 e. The average Bonchev–Trinajstić information content (AvgIpc) is 2.03. The van der Waals surface area contributed by atoms with Gasteiger partial charge in [0.15, 0.2) is 0 Å². The van der Waals surface area contributed by atoms with Crippen LogP contribution in [0.1, 0.15) is 0 Å². The molecule has 0 aliphatic heterocycles. The lowest BCUT2D eigenvalue weighted by Crippen LogP contribution is -2.49. The molecule has 14 heavy (non-hydrogen) atoms. The molecule has 0 atom stereocenters. The van der Waals surface area contributed by atoms with Gasteiger partial charge in [0.05, 0.1) is 19.6 Å². The lowest BCUT2D eigenvalue weighted by Gasteiger charge is -2.35. The Kier molecular flexibility index (Phi) is 5.65. The molecular weight excluding hydrogens is 174 g/mol. The summed E-state index contributed by atoms with van der Waals surface area (Å²) in [5.41, 5.74) is 0. The zero-order valence-corrected chi connectivity index (χ0v) is 8.78. The smallest absolute Gasteiger partial charge is 0.140 e. The van der Waals surface area contributed by atoms with Gasteiger partial charge in [-0.2, -0.15) is 0 Å². The highest BCUT2D eigenvalue weighted by Gasteiger charge is 2.23. The van der Waals surface area contributed by atoms with Crippen molar-refractivity contribution in [1.29, 1.82) is 0 Å². The van der Waals surface area contributed by atoms with Crippen LogP contribution in [0, 0.1) is 0 Å². The molecule has 0 radical (unpaired) electrons. The average molecular weight is 194 g/mol. The van der Waals surface area contributed by atoms with E-state index in [0.29, 0.717) is 11.0 Å². The number of rotatable bonds is 8. The van der Waals surface area contributed by atoms with Crippen molar-refractivity contribution in [2.24, 2.45) is 0 Å². The molecule has 0 saturated heterocycles. The minimum atomic E-state index is 0.190. The molecule has 0 saturated carbocycles. The van der Waals surface area contributed by atoms with Gasteiger partial charge in [-0.15, -0.1) is 0 Å². The van der Waals surface area contributed by atoms with Crippen molar-refractivity contribution in [3.05, 3.63) is 50.3 Å². The molecule has 0 rings (SSSR count). The maximum absolute atomic E-state index is 9.25. The van der Waals surface area contributed by atoms with E-state index in [2.05, 4.69) is 26.3 Å². The van der Waals surface area contributed by atoms with E-state index in [9.17, 15) is 5.11 Å². The molecule has 0 aliphatic carbocycles. The van der Waals surface area contributed by atoms with Crippen LogP contribution in [0.5, 0.6) is 0 Å². The highest BCUT2D eigenvalue weighted by Crippen LogP contribution is 2.10. The standard InChI is InChI=1S/C12H19NO/c1-5-8-13(9-6-2,10-7-3)11-12(4)14/h5-7H,1-4,8-11H2/p+1. The highest BCUT2D eigenvalue weighted by molar-refractivity contribution is 4.84. The molecule has 78 valence electrons. The summed E-state index contributed by atoms with van der Waals surface area (Å²) in [5.74, 6) is 0.190. The highest BCUT2D eigenvalue weighted by atomic mass is 16.3. The molecule has 0 bridgehead atoms. The van der Waals surface area contributed by atoms with Crippen LogP contribution in [0.4, 0.5) is 0 Å². The molecule has 0 unspecified atom stereocenters. The molecule has 0 aromatic heterocycles. The maximum atomic E-state index is 9.25. The number of hydrogen-bond acceptors (Lipinski definition) is 1. The molecule has 0 amide bonds. The van der Waals surface area contributed by atoms with Gasteiger partial charge in [-0.05, 0) is 18.2 Å². The number of nitrogens with zero attached hydrogens (tertiary/aromatic N) is 1. The van der Waals surface area contributed by atoms with E-state index in [1.807, 2.05) is 18.2 Å². The van der Waals surface area contributed by atoms with E-state index in [4.69, 9.17) is 0 Å².